The van der Waals surface area contributed by atoms with Crippen molar-refractivity contribution in [3.8, 4) is 0 Å². The van der Waals surface area contributed by atoms with Crippen LogP contribution >= 0.6 is 0 Å². The maximum atomic E-state index is 12.6. The molecule has 0 saturated carbocycles. The maximum Gasteiger partial charge on any atom is 0.212 e. The van der Waals surface area contributed by atoms with Gasteiger partial charge in [0.2, 0.25) is 15.5 Å². The van der Waals surface area contributed by atoms with Gasteiger partial charge in [-0.1, -0.05) is 103 Å². The highest BCUT2D eigenvalue weighted by atomic mass is 127. The van der Waals surface area contributed by atoms with E-state index >= 15 is 0 Å². The molecule has 0 radical (unpaired) electrons. The van der Waals surface area contributed by atoms with E-state index in [0.717, 1.165) is 23.9 Å². The van der Waals surface area contributed by atoms with Crippen molar-refractivity contribution in [1.82, 2.24) is 4.72 Å². The van der Waals surface area contributed by atoms with Crippen LogP contribution in [0.15, 0.2) is 42.6 Å². The van der Waals surface area contributed by atoms with Gasteiger partial charge in [0, 0.05) is 50.1 Å². The minimum Gasteiger partial charge on any atom is -1.00 e. The first-order valence-electron chi connectivity index (χ1n) is 16.0. The molecule has 0 aliphatic carbocycles. The first-order valence-corrected chi connectivity index (χ1v) is 17.6. The topological polar surface area (TPSA) is 68.5 Å². The summed E-state index contributed by atoms with van der Waals surface area (Å²) in [5.74, 6) is 0.113. The van der Waals surface area contributed by atoms with E-state index in [2.05, 4.69) is 34.4 Å². The number of aromatic nitrogens is 1. The van der Waals surface area contributed by atoms with Gasteiger partial charge in [0.1, 0.15) is 6.54 Å². The number of halogens is 1. The summed E-state index contributed by atoms with van der Waals surface area (Å²) < 4.78 is 41.3. The molecule has 1 atom stereocenters. The van der Waals surface area contributed by atoms with Crippen LogP contribution in [0.3, 0.4) is 0 Å². The van der Waals surface area contributed by atoms with Crippen LogP contribution in [0.4, 0.5) is 0 Å². The highest BCUT2D eigenvalue weighted by Crippen LogP contribution is 2.13. The number of hydrogen-bond donors (Lipinski definition) is 1. The van der Waals surface area contributed by atoms with E-state index in [-0.39, 0.29) is 35.6 Å². The first-order chi connectivity index (χ1) is 19.6. The molecule has 1 unspecified atom stereocenters. The minimum atomic E-state index is -3.35. The molecule has 0 fully saturated rings. The second kappa shape index (κ2) is 24.6. The van der Waals surface area contributed by atoms with Crippen molar-refractivity contribution >= 4 is 20.9 Å². The number of methoxy groups -OCH3 is 1. The van der Waals surface area contributed by atoms with E-state index in [1.165, 1.54) is 83.5 Å². The molecule has 0 spiro atoms. The summed E-state index contributed by atoms with van der Waals surface area (Å²) in [4.78, 5) is 0. The Morgan fingerprint density at radius 1 is 0.780 bits per heavy atom. The summed E-state index contributed by atoms with van der Waals surface area (Å²) >= 11 is 0. The van der Waals surface area contributed by atoms with Crippen LogP contribution in [0, 0.1) is 5.92 Å². The summed E-state index contributed by atoms with van der Waals surface area (Å²) in [6.07, 6.45) is 21.4. The zero-order chi connectivity index (χ0) is 28.7. The van der Waals surface area contributed by atoms with Crippen LogP contribution in [-0.4, -0.2) is 47.6 Å². The number of sulfonamides is 1. The Kier molecular flexibility index (Phi) is 22.9. The van der Waals surface area contributed by atoms with Gasteiger partial charge in [0.25, 0.3) is 0 Å². The molecule has 0 bridgehead atoms. The Hall–Kier alpha value is -0.810. The Balaban J connectivity index is 0.00000840. The molecule has 1 aromatic heterocycles. The number of rotatable bonds is 26. The number of benzene rings is 1. The minimum absolute atomic E-state index is 0. The predicted octanol–water partition coefficient (Wildman–Crippen LogP) is 4.20. The molecule has 0 aliphatic heterocycles. The van der Waals surface area contributed by atoms with Gasteiger partial charge in [-0.05, 0) is 18.6 Å². The number of hydrogen-bond acceptors (Lipinski definition) is 4. The summed E-state index contributed by atoms with van der Waals surface area (Å²) in [6.45, 7) is 5.00. The second-order valence-corrected chi connectivity index (χ2v) is 13.2. The molecule has 6 nitrogen and oxygen atoms in total. The van der Waals surface area contributed by atoms with Gasteiger partial charge in [-0.2, -0.15) is 4.57 Å². The Morgan fingerprint density at radius 3 is 2.00 bits per heavy atom. The lowest BCUT2D eigenvalue weighted by atomic mass is 10.0. The van der Waals surface area contributed by atoms with Crippen molar-refractivity contribution in [3.63, 3.8) is 0 Å². The van der Waals surface area contributed by atoms with Crippen LogP contribution in [0.2, 0.25) is 0 Å². The highest BCUT2D eigenvalue weighted by molar-refractivity contribution is 7.89. The Labute approximate surface area is 268 Å². The van der Waals surface area contributed by atoms with Crippen molar-refractivity contribution in [2.75, 3.05) is 39.2 Å². The van der Waals surface area contributed by atoms with E-state index in [0.29, 0.717) is 32.7 Å². The molecule has 1 heterocycles. The zero-order valence-corrected chi connectivity index (χ0v) is 28.8. The van der Waals surface area contributed by atoms with Gasteiger partial charge in [-0.3, -0.25) is 0 Å². The number of nitrogens with zero attached hydrogens (tertiary/aromatic N) is 1. The number of nitrogens with one attached hydrogen (secondary N) is 1. The molecule has 8 heteroatoms. The fourth-order valence-corrected chi connectivity index (χ4v) is 6.35. The van der Waals surface area contributed by atoms with Gasteiger partial charge in [-0.15, -0.1) is 0 Å². The molecular weight excluding hydrogens is 647 g/mol. The lowest BCUT2D eigenvalue weighted by Gasteiger charge is -2.17. The van der Waals surface area contributed by atoms with Crippen LogP contribution in [0.1, 0.15) is 103 Å². The SMILES string of the molecule is CCCCCCCCCCCCCCCCOCC(CNS(=O)(=O)CCC[n+]1cccc2ccccc21)COC.[I-]. The first kappa shape index (κ1) is 38.2. The molecule has 236 valence electrons. The fraction of sp³-hybridized carbons (Fsp3) is 0.727. The van der Waals surface area contributed by atoms with Gasteiger partial charge < -0.3 is 33.5 Å². The number of ether oxygens (including phenoxy) is 2. The van der Waals surface area contributed by atoms with Crippen molar-refractivity contribution in [3.05, 3.63) is 42.6 Å². The lowest BCUT2D eigenvalue weighted by molar-refractivity contribution is -0.671. The molecule has 0 amide bonds. The Morgan fingerprint density at radius 2 is 1.37 bits per heavy atom. The van der Waals surface area contributed by atoms with Gasteiger partial charge in [-0.25, -0.2) is 13.1 Å². The summed E-state index contributed by atoms with van der Waals surface area (Å²) in [6, 6.07) is 12.2. The van der Waals surface area contributed by atoms with E-state index in [4.69, 9.17) is 9.47 Å². The number of pyridine rings is 1. The van der Waals surface area contributed by atoms with E-state index < -0.39 is 10.0 Å². The van der Waals surface area contributed by atoms with Crippen LogP contribution in [0.5, 0.6) is 0 Å². The fourth-order valence-electron chi connectivity index (χ4n) is 5.21. The third kappa shape index (κ3) is 18.5. The van der Waals surface area contributed by atoms with Gasteiger partial charge in [0.05, 0.1) is 19.0 Å². The summed E-state index contributed by atoms with van der Waals surface area (Å²) in [7, 11) is -1.70. The maximum absolute atomic E-state index is 12.6. The standard InChI is InChI=1S/C33H57N2O4S.HI/c1-3-4-5-6-7-8-9-10-11-12-13-14-15-18-26-39-30-31(29-38-2)28-34-40(36,37)27-20-25-35-24-19-22-32-21-16-17-23-33(32)35;/h16-17,19,21-24,31,34H,3-15,18,20,25-30H2,1-2H3;1H/q+1;/p-1. The monoisotopic (exact) mass is 704 g/mol. The highest BCUT2D eigenvalue weighted by Gasteiger charge is 2.17. The molecular formula is C33H57IN2O4S. The number of para-hydroxylation sites is 1. The van der Waals surface area contributed by atoms with Crippen molar-refractivity contribution < 1.29 is 46.4 Å². The molecule has 0 saturated heterocycles. The molecule has 1 aromatic carbocycles. The van der Waals surface area contributed by atoms with Crippen LogP contribution < -0.4 is 33.3 Å². The van der Waals surface area contributed by atoms with Gasteiger partial charge >= 0.3 is 0 Å². The van der Waals surface area contributed by atoms with E-state index in [1.54, 1.807) is 7.11 Å². The van der Waals surface area contributed by atoms with Crippen molar-refractivity contribution in [2.24, 2.45) is 5.92 Å². The van der Waals surface area contributed by atoms with E-state index in [1.807, 2.05) is 24.4 Å². The molecule has 2 rings (SSSR count). The number of aryl methyl sites for hydroxylation is 1. The lowest BCUT2D eigenvalue weighted by Crippen LogP contribution is -3.00. The number of fused-ring (bicyclic) bond motifs is 1. The van der Waals surface area contributed by atoms with Crippen molar-refractivity contribution in [1.29, 1.82) is 0 Å². The predicted molar refractivity (Wildman–Crippen MR) is 167 cm³/mol. The Bertz CT molecular complexity index is 1000. The largest absolute Gasteiger partial charge is 1.00 e. The number of unbranched alkanes of at least 4 members (excludes halogenated alkanes) is 13. The summed E-state index contributed by atoms with van der Waals surface area (Å²) in [5.41, 5.74) is 1.12. The molecule has 0 aliphatic rings. The molecule has 2 aromatic rings. The smallest absolute Gasteiger partial charge is 0.212 e. The molecule has 41 heavy (non-hydrogen) atoms. The molecule has 1 N–H and O–H groups in total. The van der Waals surface area contributed by atoms with Crippen molar-refractivity contribution in [2.45, 2.75) is 110 Å². The normalized spacial score (nSPS) is 12.4. The zero-order valence-electron chi connectivity index (χ0n) is 25.8. The average Bonchev–Trinajstić information content (AvgIpc) is 2.95. The average molecular weight is 705 g/mol. The van der Waals surface area contributed by atoms with Crippen LogP contribution in [-0.2, 0) is 26.0 Å². The summed E-state index contributed by atoms with van der Waals surface area (Å²) in [5, 5.41) is 1.16. The quantitative estimate of drug-likeness (QED) is 0.0907. The third-order valence-electron chi connectivity index (χ3n) is 7.59. The van der Waals surface area contributed by atoms with E-state index in [9.17, 15) is 8.42 Å². The second-order valence-electron chi connectivity index (χ2n) is 11.3. The third-order valence-corrected chi connectivity index (χ3v) is 9.02. The van der Waals surface area contributed by atoms with Gasteiger partial charge in [0.15, 0.2) is 6.20 Å². The van der Waals surface area contributed by atoms with Crippen LogP contribution in [0.25, 0.3) is 10.9 Å².